The molecule has 23 heavy (non-hydrogen) atoms. The average Bonchev–Trinajstić information content (AvgIpc) is 3.25. The fraction of sp³-hybridized carbons (Fsp3) is 0.267. The Morgan fingerprint density at radius 2 is 2.26 bits per heavy atom. The number of carbonyl (C=O) groups excluding carboxylic acids is 1. The molecule has 114 valence electrons. The van der Waals surface area contributed by atoms with Crippen molar-refractivity contribution in [3.63, 3.8) is 0 Å². The van der Waals surface area contributed by atoms with Crippen LogP contribution in [0.2, 0.25) is 0 Å². The molecule has 1 unspecified atom stereocenters. The van der Waals surface area contributed by atoms with Crippen LogP contribution in [0, 0.1) is 17.2 Å². The van der Waals surface area contributed by atoms with E-state index in [-0.39, 0.29) is 5.91 Å². The molecule has 1 N–H and O–H groups in total. The Morgan fingerprint density at radius 3 is 2.96 bits per heavy atom. The molecule has 0 aliphatic carbocycles. The third-order valence-corrected chi connectivity index (χ3v) is 4.05. The molecule has 1 aliphatic heterocycles. The summed E-state index contributed by atoms with van der Waals surface area (Å²) >= 11 is 0. The van der Waals surface area contributed by atoms with Gasteiger partial charge in [0, 0.05) is 37.1 Å². The fourth-order valence-electron chi connectivity index (χ4n) is 2.83. The number of aromatic amines is 1. The number of carbonyl (C=O) groups is 1. The van der Waals surface area contributed by atoms with Gasteiger partial charge in [0.1, 0.15) is 5.92 Å². The summed E-state index contributed by atoms with van der Waals surface area (Å²) in [5, 5.41) is 21.0. The minimum atomic E-state index is -0.587. The van der Waals surface area contributed by atoms with Crippen molar-refractivity contribution in [3.8, 4) is 17.2 Å². The highest BCUT2D eigenvalue weighted by atomic mass is 16.2. The van der Waals surface area contributed by atoms with Crippen molar-refractivity contribution in [1.29, 1.82) is 5.26 Å². The van der Waals surface area contributed by atoms with E-state index < -0.39 is 5.92 Å². The van der Waals surface area contributed by atoms with Crippen LogP contribution in [-0.4, -0.2) is 37.4 Å². The summed E-state index contributed by atoms with van der Waals surface area (Å²) in [7, 11) is 1.85. The van der Waals surface area contributed by atoms with E-state index in [1.165, 1.54) is 0 Å². The highest BCUT2D eigenvalue weighted by molar-refractivity contribution is 6.04. The molecule has 8 heteroatoms. The van der Waals surface area contributed by atoms with Crippen molar-refractivity contribution >= 4 is 22.8 Å². The largest absolute Gasteiger partial charge is 0.294 e. The zero-order valence-corrected chi connectivity index (χ0v) is 12.4. The van der Waals surface area contributed by atoms with Crippen LogP contribution in [-0.2, 0) is 11.8 Å². The molecule has 1 aliphatic rings. The zero-order valence-electron chi connectivity index (χ0n) is 12.4. The van der Waals surface area contributed by atoms with E-state index in [9.17, 15) is 4.79 Å². The lowest BCUT2D eigenvalue weighted by Crippen LogP contribution is -2.27. The molecule has 0 radical (unpaired) electrons. The maximum absolute atomic E-state index is 12.3. The number of aryl methyl sites for hydroxylation is 1. The van der Waals surface area contributed by atoms with Gasteiger partial charge in [0.05, 0.1) is 17.7 Å². The molecule has 3 aromatic heterocycles. The van der Waals surface area contributed by atoms with Gasteiger partial charge in [-0.15, -0.1) is 0 Å². The zero-order chi connectivity index (χ0) is 16.0. The van der Waals surface area contributed by atoms with Crippen LogP contribution in [0.15, 0.2) is 24.7 Å². The SMILES string of the molecule is Cn1cc(-c2cnc3[nH]nc(N4CCC(C#N)C4=O)c3c2)cn1. The number of nitrogens with one attached hydrogen (secondary N) is 1. The van der Waals surface area contributed by atoms with E-state index in [2.05, 4.69) is 20.3 Å². The number of amides is 1. The van der Waals surface area contributed by atoms with Gasteiger partial charge in [-0.25, -0.2) is 4.98 Å². The van der Waals surface area contributed by atoms with Crippen LogP contribution < -0.4 is 4.90 Å². The van der Waals surface area contributed by atoms with Crippen LogP contribution in [0.3, 0.4) is 0 Å². The molecule has 4 rings (SSSR count). The summed E-state index contributed by atoms with van der Waals surface area (Å²) in [6.07, 6.45) is 5.93. The second kappa shape index (κ2) is 4.91. The predicted octanol–water partition coefficient (Wildman–Crippen LogP) is 1.23. The minimum absolute atomic E-state index is 0.201. The summed E-state index contributed by atoms with van der Waals surface area (Å²) in [5.74, 6) is -0.259. The molecule has 8 nitrogen and oxygen atoms in total. The van der Waals surface area contributed by atoms with E-state index in [1.807, 2.05) is 25.4 Å². The topological polar surface area (TPSA) is 103 Å². The van der Waals surface area contributed by atoms with Crippen molar-refractivity contribution in [2.45, 2.75) is 6.42 Å². The van der Waals surface area contributed by atoms with Crippen LogP contribution in [0.25, 0.3) is 22.2 Å². The van der Waals surface area contributed by atoms with Gasteiger partial charge in [-0.05, 0) is 12.5 Å². The van der Waals surface area contributed by atoms with Crippen molar-refractivity contribution in [1.82, 2.24) is 25.0 Å². The molecule has 1 saturated heterocycles. The minimum Gasteiger partial charge on any atom is -0.294 e. The molecular formula is C15H13N7O. The van der Waals surface area contributed by atoms with E-state index in [1.54, 1.807) is 22.0 Å². The van der Waals surface area contributed by atoms with Crippen molar-refractivity contribution < 1.29 is 4.79 Å². The summed E-state index contributed by atoms with van der Waals surface area (Å²) < 4.78 is 1.72. The number of H-pyrrole nitrogens is 1. The number of hydrogen-bond acceptors (Lipinski definition) is 5. The van der Waals surface area contributed by atoms with Gasteiger partial charge in [0.15, 0.2) is 11.5 Å². The Labute approximate surface area is 131 Å². The Balaban J connectivity index is 1.80. The number of rotatable bonds is 2. The van der Waals surface area contributed by atoms with Gasteiger partial charge in [-0.3, -0.25) is 19.5 Å². The van der Waals surface area contributed by atoms with Gasteiger partial charge in [0.2, 0.25) is 5.91 Å². The Morgan fingerprint density at radius 1 is 1.39 bits per heavy atom. The summed E-state index contributed by atoms with van der Waals surface area (Å²) in [5.41, 5.74) is 2.45. The molecule has 0 saturated carbocycles. The van der Waals surface area contributed by atoms with Crippen LogP contribution >= 0.6 is 0 Å². The number of anilines is 1. The Bertz CT molecular complexity index is 948. The van der Waals surface area contributed by atoms with Crippen LogP contribution in [0.5, 0.6) is 0 Å². The van der Waals surface area contributed by atoms with E-state index in [0.717, 1.165) is 16.5 Å². The maximum Gasteiger partial charge on any atom is 0.245 e. The number of pyridine rings is 1. The van der Waals surface area contributed by atoms with Gasteiger partial charge >= 0.3 is 0 Å². The summed E-state index contributed by atoms with van der Waals surface area (Å²) in [6.45, 7) is 0.494. The van der Waals surface area contributed by atoms with Gasteiger partial charge in [-0.1, -0.05) is 0 Å². The third-order valence-electron chi connectivity index (χ3n) is 4.05. The van der Waals surface area contributed by atoms with Crippen molar-refractivity contribution in [2.24, 2.45) is 13.0 Å². The van der Waals surface area contributed by atoms with E-state index in [0.29, 0.717) is 24.4 Å². The molecule has 4 heterocycles. The standard InChI is InChI=1S/C15H13N7O/c1-21-8-11(7-18-21)10-4-12-13(17-6-10)19-20-14(12)22-3-2-9(5-16)15(22)23/h4,6-9H,2-3H2,1H3,(H,17,19,20). The van der Waals surface area contributed by atoms with Crippen LogP contribution in [0.4, 0.5) is 5.82 Å². The van der Waals surface area contributed by atoms with Crippen LogP contribution in [0.1, 0.15) is 6.42 Å². The van der Waals surface area contributed by atoms with E-state index in [4.69, 9.17) is 5.26 Å². The fourth-order valence-corrected chi connectivity index (χ4v) is 2.83. The maximum atomic E-state index is 12.3. The van der Waals surface area contributed by atoms with E-state index >= 15 is 0 Å². The molecule has 0 aromatic carbocycles. The lowest BCUT2D eigenvalue weighted by molar-refractivity contribution is -0.119. The first-order valence-electron chi connectivity index (χ1n) is 7.21. The number of nitriles is 1. The van der Waals surface area contributed by atoms with Gasteiger partial charge < -0.3 is 0 Å². The summed E-state index contributed by atoms with van der Waals surface area (Å²) in [6, 6.07) is 3.97. The third kappa shape index (κ3) is 2.05. The van der Waals surface area contributed by atoms with Gasteiger partial charge in [-0.2, -0.15) is 15.5 Å². The molecule has 0 spiro atoms. The Kier molecular flexibility index (Phi) is 2.87. The highest BCUT2D eigenvalue weighted by Gasteiger charge is 2.34. The van der Waals surface area contributed by atoms with Gasteiger partial charge in [0.25, 0.3) is 0 Å². The van der Waals surface area contributed by atoms with Crippen molar-refractivity contribution in [2.75, 3.05) is 11.4 Å². The first-order chi connectivity index (χ1) is 11.2. The summed E-state index contributed by atoms with van der Waals surface area (Å²) in [4.78, 5) is 18.2. The highest BCUT2D eigenvalue weighted by Crippen LogP contribution is 2.31. The first kappa shape index (κ1) is 13.5. The number of hydrogen-bond donors (Lipinski definition) is 1. The molecule has 0 bridgehead atoms. The first-order valence-corrected chi connectivity index (χ1v) is 7.21. The lowest BCUT2D eigenvalue weighted by atomic mass is 10.1. The number of aromatic nitrogens is 5. The molecule has 1 atom stereocenters. The lowest BCUT2D eigenvalue weighted by Gasteiger charge is -2.12. The van der Waals surface area contributed by atoms with Crippen molar-refractivity contribution in [3.05, 3.63) is 24.7 Å². The average molecular weight is 307 g/mol. The number of nitrogens with zero attached hydrogens (tertiary/aromatic N) is 6. The molecule has 3 aromatic rings. The number of fused-ring (bicyclic) bond motifs is 1. The smallest absolute Gasteiger partial charge is 0.245 e. The molecular weight excluding hydrogens is 294 g/mol. The normalized spacial score (nSPS) is 17.8. The predicted molar refractivity (Wildman–Crippen MR) is 82.2 cm³/mol. The molecule has 1 amide bonds. The second-order valence-electron chi connectivity index (χ2n) is 5.53. The molecule has 1 fully saturated rings. The second-order valence-corrected chi connectivity index (χ2v) is 5.53. The Hall–Kier alpha value is -3.21. The quantitative estimate of drug-likeness (QED) is 0.767. The monoisotopic (exact) mass is 307 g/mol.